The summed E-state index contributed by atoms with van der Waals surface area (Å²) in [4.78, 5) is 22.7. The molecule has 4 nitrogen and oxygen atoms in total. The molecule has 2 aromatic rings. The van der Waals surface area contributed by atoms with Gasteiger partial charge in [0.1, 0.15) is 0 Å². The molecular weight excluding hydrogens is 300 g/mol. The second-order valence-electron chi connectivity index (χ2n) is 4.43. The number of hydrogen-bond acceptors (Lipinski definition) is 2. The number of carbonyl (C=O) groups is 2. The lowest BCUT2D eigenvalue weighted by molar-refractivity contribution is 0.0957. The van der Waals surface area contributed by atoms with Crippen molar-refractivity contribution in [3.05, 3.63) is 70.2 Å². The molecule has 22 heavy (non-hydrogen) atoms. The Hall–Kier alpha value is -2.77. The Bertz CT molecular complexity index is 741. The van der Waals surface area contributed by atoms with E-state index in [4.69, 9.17) is 17.3 Å². The summed E-state index contributed by atoms with van der Waals surface area (Å²) < 4.78 is 0. The van der Waals surface area contributed by atoms with Crippen LogP contribution in [0.5, 0.6) is 0 Å². The lowest BCUT2D eigenvalue weighted by Gasteiger charge is -2.01. The van der Waals surface area contributed by atoms with Crippen molar-refractivity contribution in [3.8, 4) is 11.8 Å². The molecule has 2 amide bonds. The lowest BCUT2D eigenvalue weighted by Crippen LogP contribution is -2.23. The van der Waals surface area contributed by atoms with Crippen LogP contribution in [-0.4, -0.2) is 18.4 Å². The number of benzene rings is 2. The van der Waals surface area contributed by atoms with Crippen LogP contribution >= 0.6 is 11.6 Å². The van der Waals surface area contributed by atoms with Crippen molar-refractivity contribution in [1.82, 2.24) is 5.32 Å². The molecular formula is C17H13ClN2O2. The molecule has 0 aliphatic rings. The van der Waals surface area contributed by atoms with Gasteiger partial charge in [0.25, 0.3) is 5.91 Å². The summed E-state index contributed by atoms with van der Waals surface area (Å²) in [6.45, 7) is 0.221. The molecule has 0 atom stereocenters. The predicted molar refractivity (Wildman–Crippen MR) is 85.6 cm³/mol. The van der Waals surface area contributed by atoms with Gasteiger partial charge in [-0.1, -0.05) is 23.4 Å². The first-order valence-corrected chi connectivity index (χ1v) is 6.86. The van der Waals surface area contributed by atoms with E-state index >= 15 is 0 Å². The molecule has 0 aromatic heterocycles. The van der Waals surface area contributed by atoms with Crippen LogP contribution in [0.2, 0.25) is 5.02 Å². The average Bonchev–Trinajstić information content (AvgIpc) is 2.52. The maximum absolute atomic E-state index is 11.8. The zero-order valence-corrected chi connectivity index (χ0v) is 12.4. The fourth-order valence-corrected chi connectivity index (χ4v) is 1.82. The predicted octanol–water partition coefficient (Wildman–Crippen LogP) is 2.22. The minimum absolute atomic E-state index is 0.213. The normalized spacial score (nSPS) is 9.50. The molecule has 0 aliphatic heterocycles. The van der Waals surface area contributed by atoms with Crippen LogP contribution in [0, 0.1) is 11.8 Å². The quantitative estimate of drug-likeness (QED) is 0.853. The van der Waals surface area contributed by atoms with Gasteiger partial charge in [0.05, 0.1) is 6.54 Å². The first kappa shape index (κ1) is 15.6. The molecule has 0 aliphatic carbocycles. The SMILES string of the molecule is NC(=O)c1ccc(C#CCNC(=O)c2ccc(Cl)cc2)cc1. The molecule has 0 saturated heterocycles. The summed E-state index contributed by atoms with van der Waals surface area (Å²) >= 11 is 5.76. The topological polar surface area (TPSA) is 72.2 Å². The van der Waals surface area contributed by atoms with E-state index < -0.39 is 5.91 Å². The van der Waals surface area contributed by atoms with Crippen molar-refractivity contribution < 1.29 is 9.59 Å². The number of primary amides is 1. The molecule has 2 rings (SSSR count). The zero-order chi connectivity index (χ0) is 15.9. The number of nitrogens with two attached hydrogens (primary N) is 1. The van der Waals surface area contributed by atoms with Crippen LogP contribution in [0.4, 0.5) is 0 Å². The minimum atomic E-state index is -0.477. The highest BCUT2D eigenvalue weighted by atomic mass is 35.5. The van der Waals surface area contributed by atoms with Crippen LogP contribution in [-0.2, 0) is 0 Å². The maximum atomic E-state index is 11.8. The Labute approximate surface area is 133 Å². The van der Waals surface area contributed by atoms with E-state index in [0.717, 1.165) is 5.56 Å². The summed E-state index contributed by atoms with van der Waals surface area (Å²) in [5.74, 6) is 5.04. The average molecular weight is 313 g/mol. The second kappa shape index (κ2) is 7.30. The Morgan fingerprint density at radius 3 is 2.18 bits per heavy atom. The molecule has 0 spiro atoms. The van der Waals surface area contributed by atoms with Gasteiger partial charge < -0.3 is 11.1 Å². The summed E-state index contributed by atoms with van der Waals surface area (Å²) in [6, 6.07) is 13.2. The number of amides is 2. The van der Waals surface area contributed by atoms with E-state index in [1.165, 1.54) is 0 Å². The zero-order valence-electron chi connectivity index (χ0n) is 11.6. The first-order chi connectivity index (χ1) is 10.6. The number of hydrogen-bond donors (Lipinski definition) is 2. The molecule has 2 aromatic carbocycles. The van der Waals surface area contributed by atoms with Gasteiger partial charge in [0, 0.05) is 21.7 Å². The minimum Gasteiger partial charge on any atom is -0.366 e. The van der Waals surface area contributed by atoms with Crippen molar-refractivity contribution in [2.45, 2.75) is 0 Å². The number of nitrogens with one attached hydrogen (secondary N) is 1. The van der Waals surface area contributed by atoms with Crippen LogP contribution in [0.15, 0.2) is 48.5 Å². The molecule has 110 valence electrons. The third kappa shape index (κ3) is 4.37. The van der Waals surface area contributed by atoms with Crippen LogP contribution in [0.1, 0.15) is 26.3 Å². The van der Waals surface area contributed by atoms with Gasteiger partial charge in [-0.3, -0.25) is 9.59 Å². The van der Waals surface area contributed by atoms with E-state index in [9.17, 15) is 9.59 Å². The Balaban J connectivity index is 1.89. The molecule has 0 fully saturated rings. The van der Waals surface area contributed by atoms with Gasteiger partial charge in [-0.2, -0.15) is 0 Å². The van der Waals surface area contributed by atoms with E-state index in [-0.39, 0.29) is 12.5 Å². The third-order valence-electron chi connectivity index (χ3n) is 2.85. The van der Waals surface area contributed by atoms with E-state index in [1.807, 2.05) is 0 Å². The van der Waals surface area contributed by atoms with Crippen molar-refractivity contribution in [2.75, 3.05) is 6.54 Å². The Kier molecular flexibility index (Phi) is 5.18. The highest BCUT2D eigenvalue weighted by molar-refractivity contribution is 6.30. The Morgan fingerprint density at radius 1 is 1.00 bits per heavy atom. The van der Waals surface area contributed by atoms with E-state index in [2.05, 4.69) is 17.2 Å². The second-order valence-corrected chi connectivity index (χ2v) is 4.87. The number of halogens is 1. The smallest absolute Gasteiger partial charge is 0.252 e. The first-order valence-electron chi connectivity index (χ1n) is 6.49. The van der Waals surface area contributed by atoms with Gasteiger partial charge in [-0.25, -0.2) is 0 Å². The third-order valence-corrected chi connectivity index (χ3v) is 3.10. The van der Waals surface area contributed by atoms with E-state index in [1.54, 1.807) is 48.5 Å². The molecule has 3 N–H and O–H groups in total. The van der Waals surface area contributed by atoms with Crippen LogP contribution in [0.25, 0.3) is 0 Å². The molecule has 0 heterocycles. The number of rotatable bonds is 3. The highest BCUT2D eigenvalue weighted by Gasteiger charge is 2.02. The van der Waals surface area contributed by atoms with Crippen LogP contribution in [0.3, 0.4) is 0 Å². The molecule has 0 saturated carbocycles. The van der Waals surface area contributed by atoms with E-state index in [0.29, 0.717) is 16.1 Å². The maximum Gasteiger partial charge on any atom is 0.252 e. The van der Waals surface area contributed by atoms with Gasteiger partial charge in [0.2, 0.25) is 5.91 Å². The lowest BCUT2D eigenvalue weighted by atomic mass is 10.1. The van der Waals surface area contributed by atoms with Crippen molar-refractivity contribution >= 4 is 23.4 Å². The molecule has 0 radical (unpaired) electrons. The van der Waals surface area contributed by atoms with Crippen molar-refractivity contribution in [1.29, 1.82) is 0 Å². The molecule has 0 bridgehead atoms. The summed E-state index contributed by atoms with van der Waals surface area (Å²) in [5.41, 5.74) is 6.85. The fraction of sp³-hybridized carbons (Fsp3) is 0.0588. The summed E-state index contributed by atoms with van der Waals surface area (Å²) in [5, 5.41) is 3.27. The van der Waals surface area contributed by atoms with Gasteiger partial charge in [0.15, 0.2) is 0 Å². The van der Waals surface area contributed by atoms with Crippen molar-refractivity contribution in [2.24, 2.45) is 5.73 Å². The van der Waals surface area contributed by atoms with Gasteiger partial charge in [-0.15, -0.1) is 0 Å². The standard InChI is InChI=1S/C17H13ClN2O2/c18-15-9-7-14(8-10-15)17(22)20-11-1-2-12-3-5-13(6-4-12)16(19)21/h3-10H,11H2,(H2,19,21)(H,20,22). The van der Waals surface area contributed by atoms with Crippen LogP contribution < -0.4 is 11.1 Å². The largest absolute Gasteiger partial charge is 0.366 e. The van der Waals surface area contributed by atoms with Gasteiger partial charge >= 0.3 is 0 Å². The summed E-state index contributed by atoms with van der Waals surface area (Å²) in [6.07, 6.45) is 0. The Morgan fingerprint density at radius 2 is 1.59 bits per heavy atom. The van der Waals surface area contributed by atoms with Gasteiger partial charge in [-0.05, 0) is 48.5 Å². The monoisotopic (exact) mass is 312 g/mol. The molecule has 5 heteroatoms. The number of carbonyl (C=O) groups excluding carboxylic acids is 2. The molecule has 0 unspecified atom stereocenters. The fourth-order valence-electron chi connectivity index (χ4n) is 1.69. The van der Waals surface area contributed by atoms with Crippen molar-refractivity contribution in [3.63, 3.8) is 0 Å². The highest BCUT2D eigenvalue weighted by Crippen LogP contribution is 2.09. The summed E-state index contributed by atoms with van der Waals surface area (Å²) in [7, 11) is 0.